The molecule has 2 amide bonds. The second-order valence-electron chi connectivity index (χ2n) is 7.17. The highest BCUT2D eigenvalue weighted by Gasteiger charge is 2.40. The van der Waals surface area contributed by atoms with Crippen molar-refractivity contribution in [1.82, 2.24) is 10.6 Å². The van der Waals surface area contributed by atoms with Gasteiger partial charge in [-0.25, -0.2) is 8.78 Å². The highest BCUT2D eigenvalue weighted by Crippen LogP contribution is 2.37. The second kappa shape index (κ2) is 7.50. The number of hydrogen-bond acceptors (Lipinski definition) is 2. The monoisotopic (exact) mass is 350 g/mol. The van der Waals surface area contributed by atoms with Crippen molar-refractivity contribution >= 4 is 11.8 Å². The van der Waals surface area contributed by atoms with Crippen LogP contribution in [0.4, 0.5) is 8.78 Å². The number of carbonyl (C=O) groups is 2. The Morgan fingerprint density at radius 1 is 1.28 bits per heavy atom. The minimum Gasteiger partial charge on any atom is -0.353 e. The standard InChI is InChI=1S/C19H24F2N2O2/c1-2-4-11-9-17(24)23-16-10-12(7-8-13(11)16)22-19(25)18-14(20)5-3-6-15(18)21/h3,5-6,11-13,16H,2,4,7-10H2,1H3,(H,22,25)(H,23,24). The maximum Gasteiger partial charge on any atom is 0.257 e. The van der Waals surface area contributed by atoms with E-state index in [4.69, 9.17) is 0 Å². The number of fused-ring (bicyclic) bond motifs is 1. The Kier molecular flexibility index (Phi) is 5.35. The lowest BCUT2D eigenvalue weighted by molar-refractivity contribution is -0.127. The topological polar surface area (TPSA) is 58.2 Å². The van der Waals surface area contributed by atoms with Crippen LogP contribution in [0.3, 0.4) is 0 Å². The summed E-state index contributed by atoms with van der Waals surface area (Å²) in [5.41, 5.74) is -0.541. The Balaban J connectivity index is 1.66. The minimum atomic E-state index is -0.861. The molecule has 1 heterocycles. The van der Waals surface area contributed by atoms with Gasteiger partial charge < -0.3 is 10.6 Å². The number of amides is 2. The Bertz CT molecular complexity index is 645. The molecule has 4 atom stereocenters. The number of hydrogen-bond donors (Lipinski definition) is 2. The van der Waals surface area contributed by atoms with Gasteiger partial charge in [0.25, 0.3) is 5.91 Å². The Morgan fingerprint density at radius 2 is 2.00 bits per heavy atom. The van der Waals surface area contributed by atoms with Gasteiger partial charge in [-0.2, -0.15) is 0 Å². The van der Waals surface area contributed by atoms with Crippen LogP contribution < -0.4 is 10.6 Å². The quantitative estimate of drug-likeness (QED) is 0.876. The van der Waals surface area contributed by atoms with Crippen molar-refractivity contribution in [1.29, 1.82) is 0 Å². The molecule has 4 unspecified atom stereocenters. The molecule has 4 nitrogen and oxygen atoms in total. The lowest BCUT2D eigenvalue weighted by Gasteiger charge is -2.44. The van der Waals surface area contributed by atoms with E-state index < -0.39 is 23.1 Å². The van der Waals surface area contributed by atoms with Gasteiger partial charge in [-0.15, -0.1) is 0 Å². The summed E-state index contributed by atoms with van der Waals surface area (Å²) in [6.45, 7) is 2.12. The second-order valence-corrected chi connectivity index (χ2v) is 7.17. The summed E-state index contributed by atoms with van der Waals surface area (Å²) >= 11 is 0. The van der Waals surface area contributed by atoms with Crippen LogP contribution in [-0.4, -0.2) is 23.9 Å². The molecule has 1 saturated heterocycles. The van der Waals surface area contributed by atoms with E-state index in [-0.39, 0.29) is 18.0 Å². The zero-order valence-corrected chi connectivity index (χ0v) is 14.4. The molecule has 1 aromatic rings. The highest BCUT2D eigenvalue weighted by molar-refractivity contribution is 5.95. The average Bonchev–Trinajstić information content (AvgIpc) is 2.54. The first-order valence-electron chi connectivity index (χ1n) is 9.03. The summed E-state index contributed by atoms with van der Waals surface area (Å²) in [7, 11) is 0. The fourth-order valence-corrected chi connectivity index (χ4v) is 4.37. The molecule has 1 saturated carbocycles. The number of nitrogens with one attached hydrogen (secondary N) is 2. The Hall–Kier alpha value is -1.98. The molecule has 6 heteroatoms. The lowest BCUT2D eigenvalue weighted by Crippen LogP contribution is -2.55. The first-order chi connectivity index (χ1) is 12.0. The third-order valence-corrected chi connectivity index (χ3v) is 5.49. The van der Waals surface area contributed by atoms with Crippen LogP contribution in [0.25, 0.3) is 0 Å². The molecule has 1 aliphatic carbocycles. The molecule has 0 bridgehead atoms. The number of benzene rings is 1. The van der Waals surface area contributed by atoms with Gasteiger partial charge in [-0.05, 0) is 49.7 Å². The van der Waals surface area contributed by atoms with Crippen LogP contribution in [0.1, 0.15) is 55.8 Å². The van der Waals surface area contributed by atoms with E-state index in [0.717, 1.165) is 37.8 Å². The van der Waals surface area contributed by atoms with Gasteiger partial charge in [0.05, 0.1) is 0 Å². The van der Waals surface area contributed by atoms with Crippen molar-refractivity contribution in [3.8, 4) is 0 Å². The summed E-state index contributed by atoms with van der Waals surface area (Å²) in [5, 5.41) is 5.78. The van der Waals surface area contributed by atoms with E-state index in [1.54, 1.807) is 0 Å². The molecular weight excluding hydrogens is 326 g/mol. The maximum absolute atomic E-state index is 13.8. The van der Waals surface area contributed by atoms with E-state index in [9.17, 15) is 18.4 Å². The smallest absolute Gasteiger partial charge is 0.257 e. The molecule has 25 heavy (non-hydrogen) atoms. The van der Waals surface area contributed by atoms with Crippen molar-refractivity contribution in [2.75, 3.05) is 0 Å². The van der Waals surface area contributed by atoms with E-state index in [1.165, 1.54) is 6.07 Å². The fraction of sp³-hybridized carbons (Fsp3) is 0.579. The number of halogens is 2. The van der Waals surface area contributed by atoms with Gasteiger partial charge in [-0.3, -0.25) is 9.59 Å². The van der Waals surface area contributed by atoms with Gasteiger partial charge in [0.15, 0.2) is 0 Å². The first kappa shape index (κ1) is 17.8. The number of rotatable bonds is 4. The van der Waals surface area contributed by atoms with Crippen molar-refractivity contribution < 1.29 is 18.4 Å². The first-order valence-corrected chi connectivity index (χ1v) is 9.03. The summed E-state index contributed by atoms with van der Waals surface area (Å²) in [6.07, 6.45) is 4.93. The molecule has 2 aliphatic rings. The molecule has 1 aliphatic heterocycles. The molecule has 0 radical (unpaired) electrons. The predicted octanol–water partition coefficient (Wildman–Crippen LogP) is 3.17. The Morgan fingerprint density at radius 3 is 2.68 bits per heavy atom. The van der Waals surface area contributed by atoms with Gasteiger partial charge in [0.1, 0.15) is 17.2 Å². The zero-order chi connectivity index (χ0) is 18.0. The van der Waals surface area contributed by atoms with Crippen molar-refractivity contribution in [3.63, 3.8) is 0 Å². The van der Waals surface area contributed by atoms with Crippen LogP contribution in [0.15, 0.2) is 18.2 Å². The molecule has 0 aromatic heterocycles. The van der Waals surface area contributed by atoms with Gasteiger partial charge in [0, 0.05) is 18.5 Å². The zero-order valence-electron chi connectivity index (χ0n) is 14.4. The van der Waals surface area contributed by atoms with Crippen molar-refractivity contribution in [2.24, 2.45) is 11.8 Å². The molecule has 3 rings (SSSR count). The predicted molar refractivity (Wildman–Crippen MR) is 89.9 cm³/mol. The minimum absolute atomic E-state index is 0.0299. The highest BCUT2D eigenvalue weighted by atomic mass is 19.1. The largest absolute Gasteiger partial charge is 0.353 e. The van der Waals surface area contributed by atoms with Crippen LogP contribution in [0.2, 0.25) is 0 Å². The third kappa shape index (κ3) is 3.83. The van der Waals surface area contributed by atoms with Crippen LogP contribution in [-0.2, 0) is 4.79 Å². The molecule has 1 aromatic carbocycles. The van der Waals surface area contributed by atoms with Gasteiger partial charge in [0.2, 0.25) is 5.91 Å². The van der Waals surface area contributed by atoms with E-state index in [2.05, 4.69) is 17.6 Å². The summed E-state index contributed by atoms with van der Waals surface area (Å²) in [6, 6.07) is 3.23. The summed E-state index contributed by atoms with van der Waals surface area (Å²) in [4.78, 5) is 24.2. The Labute approximate surface area is 146 Å². The van der Waals surface area contributed by atoms with Crippen LogP contribution >= 0.6 is 0 Å². The normalized spacial score (nSPS) is 28.8. The van der Waals surface area contributed by atoms with Gasteiger partial charge in [-0.1, -0.05) is 19.4 Å². The molecule has 0 spiro atoms. The molecule has 136 valence electrons. The molecular formula is C19H24F2N2O2. The average molecular weight is 350 g/mol. The van der Waals surface area contributed by atoms with Gasteiger partial charge >= 0.3 is 0 Å². The van der Waals surface area contributed by atoms with Crippen molar-refractivity contribution in [3.05, 3.63) is 35.4 Å². The molecule has 2 N–H and O–H groups in total. The van der Waals surface area contributed by atoms with E-state index >= 15 is 0 Å². The van der Waals surface area contributed by atoms with E-state index in [0.29, 0.717) is 24.7 Å². The third-order valence-electron chi connectivity index (χ3n) is 5.49. The summed E-state index contributed by atoms with van der Waals surface area (Å²) < 4.78 is 27.5. The SMILES string of the molecule is CCCC1CC(=O)NC2CC(NC(=O)c3c(F)cccc3F)CCC12. The van der Waals surface area contributed by atoms with Crippen molar-refractivity contribution in [2.45, 2.75) is 57.5 Å². The number of carbonyl (C=O) groups excluding carboxylic acids is 2. The van der Waals surface area contributed by atoms with Crippen LogP contribution in [0.5, 0.6) is 0 Å². The lowest BCUT2D eigenvalue weighted by atomic mass is 9.70. The fourth-order valence-electron chi connectivity index (χ4n) is 4.37. The van der Waals surface area contributed by atoms with E-state index in [1.807, 2.05) is 0 Å². The number of piperidine rings is 1. The van der Waals surface area contributed by atoms with Crippen LogP contribution in [0, 0.1) is 23.5 Å². The molecule has 2 fully saturated rings. The maximum atomic E-state index is 13.8. The summed E-state index contributed by atoms with van der Waals surface area (Å²) in [5.74, 6) is -1.57.